The number of fused-ring (bicyclic) bond motifs is 1. The van der Waals surface area contributed by atoms with E-state index >= 15 is 0 Å². The van der Waals surface area contributed by atoms with Gasteiger partial charge in [-0.15, -0.1) is 0 Å². The predicted octanol–water partition coefficient (Wildman–Crippen LogP) is 4.88. The van der Waals surface area contributed by atoms with E-state index in [-0.39, 0.29) is 46.1 Å². The fourth-order valence-corrected chi connectivity index (χ4v) is 6.50. The fourth-order valence-electron chi connectivity index (χ4n) is 6.50. The first-order valence-corrected chi connectivity index (χ1v) is 10.6. The lowest BCUT2D eigenvalue weighted by atomic mass is 9.45. The summed E-state index contributed by atoms with van der Waals surface area (Å²) in [6.07, 6.45) is 4.24. The molecule has 0 bridgehead atoms. The van der Waals surface area contributed by atoms with E-state index in [1.807, 2.05) is 13.0 Å². The van der Waals surface area contributed by atoms with Gasteiger partial charge in [0.15, 0.2) is 5.78 Å². The van der Waals surface area contributed by atoms with Crippen LogP contribution in [0.1, 0.15) is 76.2 Å². The lowest BCUT2D eigenvalue weighted by Crippen LogP contribution is -2.60. The predicted molar refractivity (Wildman–Crippen MR) is 111 cm³/mol. The molecule has 4 heteroatoms. The zero-order valence-corrected chi connectivity index (χ0v) is 18.1. The number of carbonyl (C=O) groups excluding carboxylic acids is 2. The molecule has 2 aliphatic rings. The van der Waals surface area contributed by atoms with Gasteiger partial charge in [-0.3, -0.25) is 9.59 Å². The highest BCUT2D eigenvalue weighted by molar-refractivity contribution is 5.99. The summed E-state index contributed by atoms with van der Waals surface area (Å²) in [6, 6.07) is 5.15. The number of amides is 1. The summed E-state index contributed by atoms with van der Waals surface area (Å²) >= 11 is 0. The number of aromatic hydroxyl groups is 1. The van der Waals surface area contributed by atoms with Crippen LogP contribution in [-0.4, -0.2) is 22.8 Å². The van der Waals surface area contributed by atoms with Gasteiger partial charge in [0.25, 0.3) is 0 Å². The first-order chi connectivity index (χ1) is 13.0. The maximum absolute atomic E-state index is 13.8. The van der Waals surface area contributed by atoms with Gasteiger partial charge < -0.3 is 10.4 Å². The van der Waals surface area contributed by atoms with Crippen LogP contribution in [0.15, 0.2) is 18.2 Å². The van der Waals surface area contributed by atoms with E-state index in [0.29, 0.717) is 11.5 Å². The quantitative estimate of drug-likeness (QED) is 0.729. The zero-order chi connectivity index (χ0) is 20.9. The number of phenols is 1. The lowest BCUT2D eigenvalue weighted by Gasteiger charge is -2.60. The Morgan fingerprint density at radius 2 is 1.82 bits per heavy atom. The number of nitrogens with one attached hydrogen (secondary N) is 1. The van der Waals surface area contributed by atoms with Crippen molar-refractivity contribution in [2.24, 2.45) is 28.6 Å². The third-order valence-corrected chi connectivity index (χ3v) is 7.65. The second-order valence-electron chi connectivity index (χ2n) is 10.2. The van der Waals surface area contributed by atoms with E-state index in [1.54, 1.807) is 19.1 Å². The molecular weight excluding hydrogens is 350 g/mol. The number of Topliss-reactive ketones (excluding diaryl/α,β-unsaturated/α-hetero) is 1. The summed E-state index contributed by atoms with van der Waals surface area (Å²) in [7, 11) is 0. The highest BCUT2D eigenvalue weighted by Gasteiger charge is 2.58. The fraction of sp³-hybridized carbons (Fsp3) is 0.667. The summed E-state index contributed by atoms with van der Waals surface area (Å²) < 4.78 is 0. The summed E-state index contributed by atoms with van der Waals surface area (Å²) in [5, 5.41) is 13.2. The van der Waals surface area contributed by atoms with Gasteiger partial charge >= 0.3 is 0 Å². The van der Waals surface area contributed by atoms with Gasteiger partial charge in [-0.25, -0.2) is 0 Å². The summed E-state index contributed by atoms with van der Waals surface area (Å²) in [5.74, 6) is 0.448. The number of benzene rings is 1. The van der Waals surface area contributed by atoms with E-state index in [1.165, 1.54) is 0 Å². The minimum atomic E-state index is -0.177. The van der Waals surface area contributed by atoms with Crippen LogP contribution in [0.2, 0.25) is 0 Å². The maximum Gasteiger partial charge on any atom is 0.217 e. The van der Waals surface area contributed by atoms with Crippen molar-refractivity contribution >= 4 is 11.7 Å². The van der Waals surface area contributed by atoms with Crippen molar-refractivity contribution in [3.8, 4) is 5.75 Å². The second-order valence-corrected chi connectivity index (χ2v) is 10.2. The Bertz CT molecular complexity index is 764. The van der Waals surface area contributed by atoms with Gasteiger partial charge in [0.2, 0.25) is 5.91 Å². The highest BCUT2D eigenvalue weighted by atomic mass is 16.3. The van der Waals surface area contributed by atoms with Gasteiger partial charge in [-0.05, 0) is 72.6 Å². The van der Waals surface area contributed by atoms with Crippen LogP contribution in [0.25, 0.3) is 0 Å². The molecule has 4 nitrogen and oxygen atoms in total. The molecule has 2 aliphatic carbocycles. The molecule has 28 heavy (non-hydrogen) atoms. The number of hydrogen-bond acceptors (Lipinski definition) is 3. The molecule has 154 valence electrons. The van der Waals surface area contributed by atoms with Crippen molar-refractivity contribution in [1.29, 1.82) is 0 Å². The van der Waals surface area contributed by atoms with Crippen LogP contribution in [0.4, 0.5) is 0 Å². The maximum atomic E-state index is 13.8. The van der Waals surface area contributed by atoms with Crippen molar-refractivity contribution in [1.82, 2.24) is 5.32 Å². The van der Waals surface area contributed by atoms with Crippen LogP contribution in [-0.2, 0) is 4.79 Å². The van der Waals surface area contributed by atoms with Crippen molar-refractivity contribution in [2.45, 2.75) is 73.3 Å². The third kappa shape index (κ3) is 3.58. The van der Waals surface area contributed by atoms with Crippen LogP contribution < -0.4 is 5.32 Å². The smallest absolute Gasteiger partial charge is 0.217 e. The Morgan fingerprint density at radius 1 is 1.14 bits per heavy atom. The molecule has 1 aromatic rings. The topological polar surface area (TPSA) is 66.4 Å². The Hall–Kier alpha value is -1.84. The Labute approximate surface area is 169 Å². The number of rotatable bonds is 3. The average molecular weight is 386 g/mol. The SMILES string of the molecule is CC(=O)N[C@@H]1C[C@H]2C(C)(C)CCC[C@]2(C)[C@@H](C(=O)c2cc(C)cc(O)c2)[C@H]1C. The lowest BCUT2D eigenvalue weighted by molar-refractivity contribution is -0.125. The standard InChI is InChI=1S/C24H35NO3/c1-14-10-17(12-18(27)11-14)22(28)21-15(2)19(25-16(3)26)13-20-23(4,5)8-7-9-24(20,21)6/h10-12,15,19-21,27H,7-9,13H2,1-6H3,(H,25,26)/t15-,19+,20-,21+,24-/m0/s1. The molecule has 2 fully saturated rings. The molecule has 0 radical (unpaired) electrons. The molecule has 0 heterocycles. The molecule has 2 N–H and O–H groups in total. The molecule has 0 saturated heterocycles. The molecule has 0 aromatic heterocycles. The van der Waals surface area contributed by atoms with Crippen LogP contribution >= 0.6 is 0 Å². The van der Waals surface area contributed by atoms with Crippen molar-refractivity contribution in [3.63, 3.8) is 0 Å². The van der Waals surface area contributed by atoms with Gasteiger partial charge in [0, 0.05) is 24.4 Å². The van der Waals surface area contributed by atoms with Crippen LogP contribution in [0, 0.1) is 35.5 Å². The van der Waals surface area contributed by atoms with Crippen LogP contribution in [0.3, 0.4) is 0 Å². The van der Waals surface area contributed by atoms with E-state index in [0.717, 1.165) is 31.2 Å². The third-order valence-electron chi connectivity index (χ3n) is 7.65. The summed E-state index contributed by atoms with van der Waals surface area (Å²) in [4.78, 5) is 25.7. The molecule has 3 rings (SSSR count). The molecule has 5 atom stereocenters. The monoisotopic (exact) mass is 385 g/mol. The Morgan fingerprint density at radius 3 is 2.43 bits per heavy atom. The molecular formula is C24H35NO3. The Balaban J connectivity index is 2.08. The minimum absolute atomic E-state index is 0.000283. The highest BCUT2D eigenvalue weighted by Crippen LogP contribution is 2.61. The number of phenolic OH excluding ortho intramolecular Hbond substituents is 1. The minimum Gasteiger partial charge on any atom is -0.508 e. The van der Waals surface area contributed by atoms with Crippen LogP contribution in [0.5, 0.6) is 5.75 Å². The number of hydrogen-bond donors (Lipinski definition) is 2. The summed E-state index contributed by atoms with van der Waals surface area (Å²) in [5.41, 5.74) is 1.50. The van der Waals surface area contributed by atoms with Crippen molar-refractivity contribution in [3.05, 3.63) is 29.3 Å². The van der Waals surface area contributed by atoms with E-state index in [2.05, 4.69) is 33.0 Å². The number of aryl methyl sites for hydroxylation is 1. The van der Waals surface area contributed by atoms with Gasteiger partial charge in [0.05, 0.1) is 0 Å². The van der Waals surface area contributed by atoms with Crippen molar-refractivity contribution in [2.75, 3.05) is 0 Å². The van der Waals surface area contributed by atoms with E-state index in [4.69, 9.17) is 0 Å². The van der Waals surface area contributed by atoms with Gasteiger partial charge in [-0.1, -0.05) is 34.1 Å². The molecule has 1 amide bonds. The largest absolute Gasteiger partial charge is 0.508 e. The van der Waals surface area contributed by atoms with E-state index < -0.39 is 0 Å². The van der Waals surface area contributed by atoms with Gasteiger partial charge in [-0.2, -0.15) is 0 Å². The number of ketones is 1. The van der Waals surface area contributed by atoms with Crippen molar-refractivity contribution < 1.29 is 14.7 Å². The summed E-state index contributed by atoms with van der Waals surface area (Å²) in [6.45, 7) is 12.5. The second kappa shape index (κ2) is 7.20. The average Bonchev–Trinajstić information content (AvgIpc) is 2.54. The molecule has 1 aromatic carbocycles. The number of carbonyl (C=O) groups is 2. The van der Waals surface area contributed by atoms with Gasteiger partial charge in [0.1, 0.15) is 5.75 Å². The molecule has 0 aliphatic heterocycles. The van der Waals surface area contributed by atoms with E-state index in [9.17, 15) is 14.7 Å². The zero-order valence-electron chi connectivity index (χ0n) is 18.1. The molecule has 2 saturated carbocycles. The normalized spacial score (nSPS) is 34.4. The molecule has 0 spiro atoms. The Kier molecular flexibility index (Phi) is 5.37. The molecule has 0 unspecified atom stereocenters. The first kappa shape index (κ1) is 20.9. The first-order valence-electron chi connectivity index (χ1n) is 10.6.